The van der Waals surface area contributed by atoms with Gasteiger partial charge < -0.3 is 9.84 Å². The number of rotatable bonds is 1. The molecule has 1 saturated heterocycles. The monoisotopic (exact) mass is 274 g/mol. The van der Waals surface area contributed by atoms with E-state index in [2.05, 4.69) is 52.0 Å². The molecule has 0 aromatic heterocycles. The van der Waals surface area contributed by atoms with Crippen molar-refractivity contribution in [2.45, 2.75) is 58.3 Å². The third-order valence-electron chi connectivity index (χ3n) is 5.57. The van der Waals surface area contributed by atoms with Crippen molar-refractivity contribution in [1.29, 1.82) is 0 Å². The smallest absolute Gasteiger partial charge is 0.0864 e. The largest absolute Gasteiger partial charge is 0.393 e. The second kappa shape index (κ2) is 4.85. The van der Waals surface area contributed by atoms with E-state index in [4.69, 9.17) is 4.74 Å². The zero-order chi connectivity index (χ0) is 14.5. The van der Waals surface area contributed by atoms with Crippen molar-refractivity contribution in [3.05, 3.63) is 35.4 Å². The number of aryl methyl sites for hydroxylation is 1. The summed E-state index contributed by atoms with van der Waals surface area (Å²) in [4.78, 5) is 0. The molecule has 1 aromatic rings. The molecule has 5 atom stereocenters. The van der Waals surface area contributed by atoms with Crippen LogP contribution in [-0.4, -0.2) is 16.8 Å². The van der Waals surface area contributed by atoms with Gasteiger partial charge in [-0.25, -0.2) is 0 Å². The molecule has 2 aliphatic rings. The van der Waals surface area contributed by atoms with Crippen LogP contribution in [0.3, 0.4) is 0 Å². The number of fused-ring (bicyclic) bond motifs is 2. The van der Waals surface area contributed by atoms with Gasteiger partial charge >= 0.3 is 0 Å². The summed E-state index contributed by atoms with van der Waals surface area (Å²) in [7, 11) is 0. The summed E-state index contributed by atoms with van der Waals surface area (Å²) in [5.74, 6) is 1.22. The molecular formula is C18H26O2. The van der Waals surface area contributed by atoms with E-state index in [-0.39, 0.29) is 17.8 Å². The van der Waals surface area contributed by atoms with E-state index in [1.54, 1.807) is 0 Å². The number of benzene rings is 1. The number of aliphatic hydroxyl groups is 1. The maximum atomic E-state index is 10.4. The number of hydrogen-bond donors (Lipinski definition) is 1. The van der Waals surface area contributed by atoms with Gasteiger partial charge in [-0.15, -0.1) is 0 Å². The molecule has 1 saturated carbocycles. The summed E-state index contributed by atoms with van der Waals surface area (Å²) in [6.07, 6.45) is 1.98. The maximum absolute atomic E-state index is 10.4. The lowest BCUT2D eigenvalue weighted by molar-refractivity contribution is -0.215. The van der Waals surface area contributed by atoms with E-state index in [0.29, 0.717) is 17.8 Å². The highest BCUT2D eigenvalue weighted by atomic mass is 16.5. The summed E-state index contributed by atoms with van der Waals surface area (Å²) >= 11 is 0. The molecule has 0 spiro atoms. The van der Waals surface area contributed by atoms with Gasteiger partial charge in [-0.2, -0.15) is 0 Å². The lowest BCUT2D eigenvalue weighted by Gasteiger charge is -2.53. The maximum Gasteiger partial charge on any atom is 0.0864 e. The predicted octanol–water partition coefficient (Wildman–Crippen LogP) is 3.87. The molecule has 2 heteroatoms. The molecule has 2 unspecified atom stereocenters. The Kier molecular flexibility index (Phi) is 3.42. The van der Waals surface area contributed by atoms with Crippen molar-refractivity contribution < 1.29 is 9.84 Å². The first-order chi connectivity index (χ1) is 9.38. The Balaban J connectivity index is 1.95. The van der Waals surface area contributed by atoms with Gasteiger partial charge in [0.2, 0.25) is 0 Å². The van der Waals surface area contributed by atoms with Crippen LogP contribution in [0.2, 0.25) is 0 Å². The summed E-state index contributed by atoms with van der Waals surface area (Å²) < 4.78 is 6.47. The van der Waals surface area contributed by atoms with Gasteiger partial charge in [0.25, 0.3) is 0 Å². The van der Waals surface area contributed by atoms with Gasteiger partial charge in [0.15, 0.2) is 0 Å². The fourth-order valence-electron chi connectivity index (χ4n) is 3.98. The number of ether oxygens (including phenoxy) is 1. The molecule has 1 heterocycles. The first-order valence-electron chi connectivity index (χ1n) is 7.81. The molecule has 0 amide bonds. The van der Waals surface area contributed by atoms with Crippen molar-refractivity contribution in [1.82, 2.24) is 0 Å². The van der Waals surface area contributed by atoms with E-state index in [0.717, 1.165) is 6.42 Å². The van der Waals surface area contributed by atoms with Crippen LogP contribution in [0.25, 0.3) is 0 Å². The molecular weight excluding hydrogens is 248 g/mol. The first kappa shape index (κ1) is 14.1. The Morgan fingerprint density at radius 3 is 2.45 bits per heavy atom. The Labute approximate surface area is 122 Å². The minimum atomic E-state index is -0.185. The molecule has 1 aromatic carbocycles. The molecule has 0 radical (unpaired) electrons. The highest BCUT2D eigenvalue weighted by Crippen LogP contribution is 2.52. The fourth-order valence-corrected chi connectivity index (χ4v) is 3.98. The average Bonchev–Trinajstić information content (AvgIpc) is 2.39. The molecule has 2 nitrogen and oxygen atoms in total. The van der Waals surface area contributed by atoms with Crippen molar-refractivity contribution in [2.75, 3.05) is 0 Å². The topological polar surface area (TPSA) is 29.5 Å². The lowest BCUT2D eigenvalue weighted by atomic mass is 9.63. The lowest BCUT2D eigenvalue weighted by Crippen LogP contribution is -2.52. The van der Waals surface area contributed by atoms with Crippen LogP contribution in [0.1, 0.15) is 50.8 Å². The van der Waals surface area contributed by atoms with Crippen LogP contribution in [0, 0.1) is 24.7 Å². The van der Waals surface area contributed by atoms with Gasteiger partial charge in [-0.1, -0.05) is 36.8 Å². The van der Waals surface area contributed by atoms with Crippen LogP contribution in [-0.2, 0) is 4.74 Å². The standard InChI is InChI=1S/C18H26O2/c1-11-5-7-13(8-6-11)17-15-9-14(18(3,4)20-17)10-16(19)12(15)2/h5-8,12,14-17,19H,9-10H2,1-4H3/t12-,14?,15?,16-,17-/m0/s1. The molecule has 110 valence electrons. The third-order valence-corrected chi connectivity index (χ3v) is 5.57. The van der Waals surface area contributed by atoms with Gasteiger partial charge in [0, 0.05) is 0 Å². The van der Waals surface area contributed by atoms with E-state index < -0.39 is 0 Å². The van der Waals surface area contributed by atoms with Crippen molar-refractivity contribution in [3.63, 3.8) is 0 Å². The second-order valence-electron chi connectivity index (χ2n) is 7.31. The Morgan fingerprint density at radius 2 is 1.80 bits per heavy atom. The predicted molar refractivity (Wildman–Crippen MR) is 80.5 cm³/mol. The molecule has 1 aliphatic carbocycles. The first-order valence-corrected chi connectivity index (χ1v) is 7.81. The summed E-state index contributed by atoms with van der Waals surface area (Å²) in [6.45, 7) is 8.64. The summed E-state index contributed by atoms with van der Waals surface area (Å²) in [5, 5.41) is 10.4. The highest BCUT2D eigenvalue weighted by Gasteiger charge is 2.50. The summed E-state index contributed by atoms with van der Waals surface area (Å²) in [6, 6.07) is 8.68. The van der Waals surface area contributed by atoms with Gasteiger partial charge in [0.05, 0.1) is 17.8 Å². The highest BCUT2D eigenvalue weighted by molar-refractivity contribution is 5.25. The SMILES string of the molecule is Cc1ccc([C@@H]2OC(C)(C)C3CC2[C@H](C)[C@@H](O)C3)cc1. The molecule has 1 aliphatic heterocycles. The minimum Gasteiger partial charge on any atom is -0.393 e. The average molecular weight is 274 g/mol. The Hall–Kier alpha value is -0.860. The van der Waals surface area contributed by atoms with Gasteiger partial charge in [0.1, 0.15) is 0 Å². The zero-order valence-corrected chi connectivity index (χ0v) is 13.0. The van der Waals surface area contributed by atoms with Crippen LogP contribution < -0.4 is 0 Å². The van der Waals surface area contributed by atoms with Crippen molar-refractivity contribution in [3.8, 4) is 0 Å². The van der Waals surface area contributed by atoms with E-state index in [1.165, 1.54) is 17.5 Å². The molecule has 3 rings (SSSR count). The van der Waals surface area contributed by atoms with E-state index in [1.807, 2.05) is 0 Å². The van der Waals surface area contributed by atoms with Crippen LogP contribution in [0.15, 0.2) is 24.3 Å². The minimum absolute atomic E-state index is 0.117. The second-order valence-corrected chi connectivity index (χ2v) is 7.31. The van der Waals surface area contributed by atoms with E-state index >= 15 is 0 Å². The normalized spacial score (nSPS) is 39.5. The van der Waals surface area contributed by atoms with Gasteiger partial charge in [-0.05, 0) is 56.9 Å². The van der Waals surface area contributed by atoms with Crippen molar-refractivity contribution >= 4 is 0 Å². The molecule has 2 bridgehead atoms. The Morgan fingerprint density at radius 1 is 1.15 bits per heavy atom. The van der Waals surface area contributed by atoms with Crippen LogP contribution in [0.5, 0.6) is 0 Å². The zero-order valence-electron chi connectivity index (χ0n) is 13.0. The van der Waals surface area contributed by atoms with Crippen molar-refractivity contribution in [2.24, 2.45) is 17.8 Å². The van der Waals surface area contributed by atoms with Gasteiger partial charge in [-0.3, -0.25) is 0 Å². The quantitative estimate of drug-likeness (QED) is 0.842. The Bertz CT molecular complexity index is 477. The summed E-state index contributed by atoms with van der Waals surface area (Å²) in [5.41, 5.74) is 2.39. The molecule has 2 fully saturated rings. The molecule has 1 N–H and O–H groups in total. The van der Waals surface area contributed by atoms with E-state index in [9.17, 15) is 5.11 Å². The fraction of sp³-hybridized carbons (Fsp3) is 0.667. The number of aliphatic hydroxyl groups excluding tert-OH is 1. The third kappa shape index (κ3) is 2.29. The van der Waals surface area contributed by atoms with Crippen LogP contribution >= 0.6 is 0 Å². The van der Waals surface area contributed by atoms with Crippen LogP contribution in [0.4, 0.5) is 0 Å². The molecule has 20 heavy (non-hydrogen) atoms. The number of hydrogen-bond acceptors (Lipinski definition) is 2.